The van der Waals surface area contributed by atoms with Gasteiger partial charge in [0.1, 0.15) is 0 Å². The highest BCUT2D eigenvalue weighted by atomic mass is 28.3. The predicted octanol–water partition coefficient (Wildman–Crippen LogP) is 4.83. The molecule has 0 N–H and O–H groups in total. The summed E-state index contributed by atoms with van der Waals surface area (Å²) < 4.78 is 0. The van der Waals surface area contributed by atoms with E-state index in [-0.39, 0.29) is 0 Å². The summed E-state index contributed by atoms with van der Waals surface area (Å²) in [6.45, 7) is 7.83. The Labute approximate surface area is 90.5 Å². The fourth-order valence-electron chi connectivity index (χ4n) is 3.89. The van der Waals surface area contributed by atoms with Crippen LogP contribution in [-0.2, 0) is 0 Å². The summed E-state index contributed by atoms with van der Waals surface area (Å²) in [4.78, 5) is 0. The van der Waals surface area contributed by atoms with Crippen LogP contribution in [0, 0.1) is 5.92 Å². The smallest absolute Gasteiger partial charge is 0.0536 e. The lowest BCUT2D eigenvalue weighted by atomic mass is 10.1. The molecule has 0 aromatic carbocycles. The summed E-state index contributed by atoms with van der Waals surface area (Å²) in [7, 11) is -0.879. The van der Waals surface area contributed by atoms with Crippen LogP contribution >= 0.6 is 0 Å². The molecule has 2 aliphatic carbocycles. The van der Waals surface area contributed by atoms with Gasteiger partial charge < -0.3 is 0 Å². The monoisotopic (exact) mass is 210 g/mol. The first-order valence-electron chi connectivity index (χ1n) is 6.60. The van der Waals surface area contributed by atoms with E-state index in [1.165, 1.54) is 30.3 Å². The van der Waals surface area contributed by atoms with Crippen LogP contribution in [0.25, 0.3) is 0 Å². The molecule has 14 heavy (non-hydrogen) atoms. The Balaban J connectivity index is 1.99. The molecule has 0 amide bonds. The van der Waals surface area contributed by atoms with Crippen molar-refractivity contribution in [1.82, 2.24) is 0 Å². The Morgan fingerprint density at radius 3 is 2.00 bits per heavy atom. The van der Waals surface area contributed by atoms with E-state index in [1.807, 2.05) is 0 Å². The first kappa shape index (κ1) is 10.7. The number of hydrogen-bond donors (Lipinski definition) is 0. The second kappa shape index (κ2) is 4.00. The van der Waals surface area contributed by atoms with Crippen LogP contribution in [0.3, 0.4) is 0 Å². The Morgan fingerprint density at radius 1 is 0.857 bits per heavy atom. The third-order valence-corrected chi connectivity index (χ3v) is 10.5. The third kappa shape index (κ3) is 1.93. The summed E-state index contributed by atoms with van der Waals surface area (Å²) in [5, 5.41) is 0. The molecule has 2 aliphatic rings. The lowest BCUT2D eigenvalue weighted by molar-refractivity contribution is 0.608. The average Bonchev–Trinajstić information content (AvgIpc) is 2.72. The molecule has 0 heterocycles. The van der Waals surface area contributed by atoms with Crippen LogP contribution in [0.5, 0.6) is 0 Å². The third-order valence-electron chi connectivity index (χ3n) is 5.15. The molecule has 0 bridgehead atoms. The Morgan fingerprint density at radius 2 is 1.50 bits per heavy atom. The van der Waals surface area contributed by atoms with E-state index in [9.17, 15) is 0 Å². The SMILES string of the molecule is CC1CCC([Si](C)(C)C2CCCC2)C1. The summed E-state index contributed by atoms with van der Waals surface area (Å²) >= 11 is 0. The van der Waals surface area contributed by atoms with E-state index >= 15 is 0 Å². The topological polar surface area (TPSA) is 0 Å². The minimum atomic E-state index is -0.879. The molecule has 0 spiro atoms. The minimum absolute atomic E-state index is 0.879. The van der Waals surface area contributed by atoms with Gasteiger partial charge in [-0.15, -0.1) is 0 Å². The lowest BCUT2D eigenvalue weighted by Crippen LogP contribution is -2.36. The van der Waals surface area contributed by atoms with Crippen LogP contribution in [0.2, 0.25) is 24.2 Å². The summed E-state index contributed by atoms with van der Waals surface area (Å²) in [6.07, 6.45) is 10.9. The Bertz CT molecular complexity index is 191. The van der Waals surface area contributed by atoms with Crippen molar-refractivity contribution >= 4 is 8.07 Å². The van der Waals surface area contributed by atoms with E-state index < -0.39 is 8.07 Å². The second-order valence-electron chi connectivity index (χ2n) is 6.42. The van der Waals surface area contributed by atoms with E-state index in [0.29, 0.717) is 0 Å². The molecule has 2 rings (SSSR count). The second-order valence-corrected chi connectivity index (χ2v) is 11.7. The molecule has 2 atom stereocenters. The van der Waals surface area contributed by atoms with Gasteiger partial charge in [0.2, 0.25) is 0 Å². The van der Waals surface area contributed by atoms with Crippen LogP contribution in [0.15, 0.2) is 0 Å². The zero-order chi connectivity index (χ0) is 10.2. The molecule has 0 aromatic heterocycles. The molecule has 0 aromatic rings. The minimum Gasteiger partial charge on any atom is -0.0689 e. The van der Waals surface area contributed by atoms with Crippen molar-refractivity contribution in [2.75, 3.05) is 0 Å². The van der Waals surface area contributed by atoms with Gasteiger partial charge in [0.25, 0.3) is 0 Å². The molecule has 82 valence electrons. The van der Waals surface area contributed by atoms with Crippen molar-refractivity contribution in [3.05, 3.63) is 0 Å². The van der Waals surface area contributed by atoms with E-state index in [0.717, 1.165) is 5.92 Å². The van der Waals surface area contributed by atoms with Crippen LogP contribution in [0.4, 0.5) is 0 Å². The quantitative estimate of drug-likeness (QED) is 0.573. The molecule has 0 nitrogen and oxygen atoms in total. The summed E-state index contributed by atoms with van der Waals surface area (Å²) in [5.41, 5.74) is 2.35. The van der Waals surface area contributed by atoms with Crippen LogP contribution in [-0.4, -0.2) is 8.07 Å². The standard InChI is InChI=1S/C13H26Si/c1-11-8-9-13(10-11)14(2,3)12-6-4-5-7-12/h11-13H,4-10H2,1-3H3. The summed E-state index contributed by atoms with van der Waals surface area (Å²) in [6, 6.07) is 0. The highest BCUT2D eigenvalue weighted by molar-refractivity contribution is 6.80. The molecular weight excluding hydrogens is 184 g/mol. The van der Waals surface area contributed by atoms with Gasteiger partial charge >= 0.3 is 0 Å². The number of hydrogen-bond acceptors (Lipinski definition) is 0. The van der Waals surface area contributed by atoms with E-state index in [4.69, 9.17) is 0 Å². The van der Waals surface area contributed by atoms with Crippen molar-refractivity contribution in [2.45, 2.75) is 76.0 Å². The van der Waals surface area contributed by atoms with Crippen molar-refractivity contribution in [3.8, 4) is 0 Å². The van der Waals surface area contributed by atoms with E-state index in [2.05, 4.69) is 20.0 Å². The molecule has 2 fully saturated rings. The summed E-state index contributed by atoms with van der Waals surface area (Å²) in [5.74, 6) is 1.04. The first-order valence-corrected chi connectivity index (χ1v) is 9.76. The maximum absolute atomic E-state index is 2.69. The van der Waals surface area contributed by atoms with Gasteiger partial charge in [-0.25, -0.2) is 0 Å². The van der Waals surface area contributed by atoms with E-state index in [1.54, 1.807) is 25.7 Å². The fraction of sp³-hybridized carbons (Fsp3) is 1.00. The number of rotatable bonds is 2. The van der Waals surface area contributed by atoms with Gasteiger partial charge in [0, 0.05) is 0 Å². The fourth-order valence-corrected chi connectivity index (χ4v) is 8.37. The zero-order valence-corrected chi connectivity index (χ0v) is 11.2. The highest BCUT2D eigenvalue weighted by Gasteiger charge is 2.42. The molecule has 0 radical (unpaired) electrons. The average molecular weight is 210 g/mol. The normalized spacial score (nSPS) is 35.4. The molecule has 0 saturated heterocycles. The van der Waals surface area contributed by atoms with Gasteiger partial charge in [-0.3, -0.25) is 0 Å². The van der Waals surface area contributed by atoms with Crippen molar-refractivity contribution in [3.63, 3.8) is 0 Å². The van der Waals surface area contributed by atoms with Gasteiger partial charge in [0.15, 0.2) is 0 Å². The van der Waals surface area contributed by atoms with Crippen molar-refractivity contribution < 1.29 is 0 Å². The predicted molar refractivity (Wildman–Crippen MR) is 66.5 cm³/mol. The van der Waals surface area contributed by atoms with Gasteiger partial charge in [-0.05, 0) is 17.0 Å². The van der Waals surface area contributed by atoms with Gasteiger partial charge in [0.05, 0.1) is 8.07 Å². The van der Waals surface area contributed by atoms with Crippen LogP contribution in [0.1, 0.15) is 51.9 Å². The molecular formula is C13H26Si. The van der Waals surface area contributed by atoms with Crippen molar-refractivity contribution in [2.24, 2.45) is 5.92 Å². The molecule has 2 saturated carbocycles. The largest absolute Gasteiger partial charge is 0.0689 e. The van der Waals surface area contributed by atoms with Gasteiger partial charge in [-0.2, -0.15) is 0 Å². The molecule has 2 unspecified atom stereocenters. The van der Waals surface area contributed by atoms with Crippen molar-refractivity contribution in [1.29, 1.82) is 0 Å². The molecule has 0 aliphatic heterocycles. The highest BCUT2D eigenvalue weighted by Crippen LogP contribution is 2.50. The maximum Gasteiger partial charge on any atom is 0.0536 e. The van der Waals surface area contributed by atoms with Gasteiger partial charge in [-0.1, -0.05) is 65.0 Å². The Hall–Kier alpha value is 0.217. The first-order chi connectivity index (χ1) is 6.60. The zero-order valence-electron chi connectivity index (χ0n) is 10.2. The molecule has 1 heteroatoms. The van der Waals surface area contributed by atoms with Crippen LogP contribution < -0.4 is 0 Å². The lowest BCUT2D eigenvalue weighted by Gasteiger charge is -2.35. The maximum atomic E-state index is 2.69. The Kier molecular flexibility index (Phi) is 3.06.